The van der Waals surface area contributed by atoms with E-state index in [0.29, 0.717) is 12.8 Å². The van der Waals surface area contributed by atoms with Gasteiger partial charge in [0, 0.05) is 6.04 Å². The van der Waals surface area contributed by atoms with Crippen LogP contribution < -0.4 is 10.6 Å². The van der Waals surface area contributed by atoms with Gasteiger partial charge < -0.3 is 10.6 Å². The molecule has 1 saturated heterocycles. The highest BCUT2D eigenvalue weighted by atomic mass is 16.2. The van der Waals surface area contributed by atoms with Gasteiger partial charge in [0.15, 0.2) is 0 Å². The largest absolute Gasteiger partial charge is 0.352 e. The number of amides is 4. The van der Waals surface area contributed by atoms with Crippen molar-refractivity contribution >= 4 is 17.8 Å². The number of carbonyl (C=O) groups excluding carboxylic acids is 3. The van der Waals surface area contributed by atoms with Crippen molar-refractivity contribution in [2.75, 3.05) is 6.54 Å². The summed E-state index contributed by atoms with van der Waals surface area (Å²) in [6.07, 6.45) is 8.86. The van der Waals surface area contributed by atoms with Crippen molar-refractivity contribution in [3.63, 3.8) is 0 Å². The van der Waals surface area contributed by atoms with Gasteiger partial charge in [-0.05, 0) is 81.5 Å². The van der Waals surface area contributed by atoms with Gasteiger partial charge in [-0.2, -0.15) is 0 Å². The predicted octanol–water partition coefficient (Wildman–Crippen LogP) is 2.82. The second-order valence-corrected chi connectivity index (χ2v) is 9.68. The Morgan fingerprint density at radius 1 is 1.11 bits per heavy atom. The first-order valence-corrected chi connectivity index (χ1v) is 10.7. The number of rotatable bonds is 6. The average Bonchev–Trinajstić information content (AvgIpc) is 2.85. The van der Waals surface area contributed by atoms with Crippen LogP contribution in [0.1, 0.15) is 72.1 Å². The van der Waals surface area contributed by atoms with Crippen molar-refractivity contribution in [3.05, 3.63) is 0 Å². The molecule has 5 rings (SSSR count). The Labute approximate surface area is 161 Å². The first-order chi connectivity index (χ1) is 12.8. The predicted molar refractivity (Wildman–Crippen MR) is 102 cm³/mol. The molecule has 0 aromatic rings. The van der Waals surface area contributed by atoms with Crippen LogP contribution in [0.5, 0.6) is 0 Å². The summed E-state index contributed by atoms with van der Waals surface area (Å²) in [4.78, 5) is 38.8. The topological polar surface area (TPSA) is 78.5 Å². The van der Waals surface area contributed by atoms with E-state index in [0.717, 1.165) is 22.7 Å². The van der Waals surface area contributed by atoms with E-state index >= 15 is 0 Å². The first-order valence-electron chi connectivity index (χ1n) is 10.7. The second-order valence-electron chi connectivity index (χ2n) is 9.68. The number of urea groups is 1. The molecule has 6 heteroatoms. The lowest BCUT2D eigenvalue weighted by molar-refractivity contribution is -0.136. The Bertz CT molecular complexity index is 620. The number of imide groups is 1. The third kappa shape index (κ3) is 2.95. The minimum Gasteiger partial charge on any atom is -0.352 e. The van der Waals surface area contributed by atoms with Crippen LogP contribution in [-0.4, -0.2) is 40.9 Å². The Balaban J connectivity index is 1.40. The zero-order valence-electron chi connectivity index (χ0n) is 16.8. The van der Waals surface area contributed by atoms with Crippen molar-refractivity contribution in [1.82, 2.24) is 15.5 Å². The van der Waals surface area contributed by atoms with Crippen LogP contribution in [0.25, 0.3) is 0 Å². The summed E-state index contributed by atoms with van der Waals surface area (Å²) in [5, 5.41) is 5.95. The highest BCUT2D eigenvalue weighted by Crippen LogP contribution is 2.61. The van der Waals surface area contributed by atoms with E-state index < -0.39 is 11.6 Å². The van der Waals surface area contributed by atoms with E-state index in [9.17, 15) is 14.4 Å². The van der Waals surface area contributed by atoms with Gasteiger partial charge in [0.25, 0.3) is 5.91 Å². The molecule has 0 spiro atoms. The van der Waals surface area contributed by atoms with E-state index in [1.165, 1.54) is 38.5 Å². The molecule has 1 atom stereocenters. The highest BCUT2D eigenvalue weighted by Gasteiger charge is 2.54. The lowest BCUT2D eigenvalue weighted by Gasteiger charge is -2.59. The molecule has 150 valence electrons. The summed E-state index contributed by atoms with van der Waals surface area (Å²) in [7, 11) is 0. The molecule has 4 aliphatic carbocycles. The number of nitrogens with one attached hydrogen (secondary N) is 2. The summed E-state index contributed by atoms with van der Waals surface area (Å²) in [6.45, 7) is 5.73. The van der Waals surface area contributed by atoms with Crippen molar-refractivity contribution in [1.29, 1.82) is 0 Å². The lowest BCUT2D eigenvalue weighted by Crippen LogP contribution is -2.57. The van der Waals surface area contributed by atoms with E-state index in [1.54, 1.807) is 0 Å². The normalized spacial score (nSPS) is 37.4. The Morgan fingerprint density at radius 2 is 1.63 bits per heavy atom. The molecule has 5 fully saturated rings. The molecule has 1 aliphatic heterocycles. The van der Waals surface area contributed by atoms with Crippen molar-refractivity contribution in [3.8, 4) is 0 Å². The third-order valence-corrected chi connectivity index (χ3v) is 8.14. The maximum Gasteiger partial charge on any atom is 0.325 e. The summed E-state index contributed by atoms with van der Waals surface area (Å²) >= 11 is 0. The van der Waals surface area contributed by atoms with Crippen molar-refractivity contribution in [2.24, 2.45) is 23.2 Å². The minimum absolute atomic E-state index is 0.0984. The standard InChI is InChI=1S/C21H33N3O3/c1-4-21(5-2)18(26)24(19(27)23-21)12-17(25)22-13(3)20-9-14-6-15(10-20)8-16(7-14)11-20/h13-16H,4-12H2,1-3H3,(H,22,25)(H,23,27)/t13-,14?,15?,16?,20?/m1/s1. The van der Waals surface area contributed by atoms with Gasteiger partial charge in [0.05, 0.1) is 0 Å². The van der Waals surface area contributed by atoms with Gasteiger partial charge >= 0.3 is 6.03 Å². The smallest absolute Gasteiger partial charge is 0.325 e. The molecule has 1 heterocycles. The maximum absolute atomic E-state index is 12.7. The quantitative estimate of drug-likeness (QED) is 0.701. The molecule has 0 unspecified atom stereocenters. The molecule has 4 bridgehead atoms. The summed E-state index contributed by atoms with van der Waals surface area (Å²) in [6, 6.07) is -0.345. The van der Waals surface area contributed by atoms with Crippen LogP contribution in [0, 0.1) is 23.2 Å². The summed E-state index contributed by atoms with van der Waals surface area (Å²) in [5.74, 6) is 2.00. The monoisotopic (exact) mass is 375 g/mol. The molecule has 6 nitrogen and oxygen atoms in total. The van der Waals surface area contributed by atoms with Crippen LogP contribution in [0.4, 0.5) is 4.79 Å². The fraction of sp³-hybridized carbons (Fsp3) is 0.857. The average molecular weight is 376 g/mol. The summed E-state index contributed by atoms with van der Waals surface area (Å²) < 4.78 is 0. The Morgan fingerprint density at radius 3 is 2.07 bits per heavy atom. The Hall–Kier alpha value is -1.59. The molecule has 0 aromatic carbocycles. The fourth-order valence-corrected chi connectivity index (χ4v) is 6.84. The van der Waals surface area contributed by atoms with Gasteiger partial charge in [-0.25, -0.2) is 4.79 Å². The van der Waals surface area contributed by atoms with Crippen molar-refractivity contribution < 1.29 is 14.4 Å². The number of hydrogen-bond acceptors (Lipinski definition) is 3. The van der Waals surface area contributed by atoms with Crippen LogP contribution in [0.15, 0.2) is 0 Å². The van der Waals surface area contributed by atoms with E-state index in [4.69, 9.17) is 0 Å². The molecule has 0 radical (unpaired) electrons. The van der Waals surface area contributed by atoms with Crippen LogP contribution >= 0.6 is 0 Å². The second kappa shape index (κ2) is 6.49. The van der Waals surface area contributed by atoms with Gasteiger partial charge in [0.1, 0.15) is 12.1 Å². The summed E-state index contributed by atoms with van der Waals surface area (Å²) in [5.41, 5.74) is -0.624. The molecule has 0 aromatic heterocycles. The van der Waals surface area contributed by atoms with Crippen molar-refractivity contribution in [2.45, 2.75) is 83.7 Å². The molecule has 4 amide bonds. The molecule has 5 aliphatic rings. The third-order valence-electron chi connectivity index (χ3n) is 8.14. The fourth-order valence-electron chi connectivity index (χ4n) is 6.84. The SMILES string of the molecule is CCC1(CC)NC(=O)N(CC(=O)N[C@H](C)C23CC4CC(CC(C4)C2)C3)C1=O. The number of hydrogen-bond donors (Lipinski definition) is 2. The highest BCUT2D eigenvalue weighted by molar-refractivity contribution is 6.09. The van der Waals surface area contributed by atoms with Crippen LogP contribution in [0.2, 0.25) is 0 Å². The van der Waals surface area contributed by atoms with Gasteiger partial charge in [0.2, 0.25) is 5.91 Å². The molecule has 27 heavy (non-hydrogen) atoms. The van der Waals surface area contributed by atoms with Crippen LogP contribution in [-0.2, 0) is 9.59 Å². The first kappa shape index (κ1) is 18.8. The lowest BCUT2D eigenvalue weighted by atomic mass is 9.48. The molecule has 2 N–H and O–H groups in total. The number of nitrogens with zero attached hydrogens (tertiary/aromatic N) is 1. The molecule has 4 saturated carbocycles. The van der Waals surface area contributed by atoms with E-state index in [1.807, 2.05) is 13.8 Å². The van der Waals surface area contributed by atoms with Gasteiger partial charge in [-0.15, -0.1) is 0 Å². The number of carbonyl (C=O) groups is 3. The Kier molecular flexibility index (Phi) is 4.51. The zero-order chi connectivity index (χ0) is 19.4. The van der Waals surface area contributed by atoms with Gasteiger partial charge in [-0.3, -0.25) is 14.5 Å². The molecular formula is C21H33N3O3. The van der Waals surface area contributed by atoms with E-state index in [-0.39, 0.29) is 29.8 Å². The maximum atomic E-state index is 12.7. The minimum atomic E-state index is -0.844. The molecular weight excluding hydrogens is 342 g/mol. The van der Waals surface area contributed by atoms with Gasteiger partial charge in [-0.1, -0.05) is 13.8 Å². The van der Waals surface area contributed by atoms with Crippen LogP contribution in [0.3, 0.4) is 0 Å². The zero-order valence-corrected chi connectivity index (χ0v) is 16.8. The van der Waals surface area contributed by atoms with E-state index in [2.05, 4.69) is 17.6 Å².